The summed E-state index contributed by atoms with van der Waals surface area (Å²) in [6.07, 6.45) is 4.94. The first-order chi connectivity index (χ1) is 13.5. The molecule has 0 fully saturated rings. The molecule has 0 bridgehead atoms. The van der Waals surface area contributed by atoms with Crippen molar-refractivity contribution in [2.75, 3.05) is 13.2 Å². The lowest BCUT2D eigenvalue weighted by Crippen LogP contribution is -2.05. The molecule has 1 heterocycles. The third-order valence-corrected chi connectivity index (χ3v) is 4.06. The van der Waals surface area contributed by atoms with Gasteiger partial charge in [0.25, 0.3) is 0 Å². The van der Waals surface area contributed by atoms with Crippen LogP contribution < -0.4 is 9.47 Å². The van der Waals surface area contributed by atoms with E-state index >= 15 is 0 Å². The number of H-pyrrole nitrogens is 1. The van der Waals surface area contributed by atoms with Crippen molar-refractivity contribution in [3.8, 4) is 11.5 Å². The molecule has 152 valence electrons. The van der Waals surface area contributed by atoms with Crippen LogP contribution in [0.25, 0.3) is 0 Å². The van der Waals surface area contributed by atoms with Gasteiger partial charge < -0.3 is 9.47 Å². The quantitative estimate of drug-likeness (QED) is 0.258. The van der Waals surface area contributed by atoms with Crippen LogP contribution in [0.3, 0.4) is 0 Å². The number of nitro groups is 1. The average molecular weight is 407 g/mol. The highest BCUT2D eigenvalue weighted by molar-refractivity contribution is 7.71. The Labute approximate surface area is 168 Å². The summed E-state index contributed by atoms with van der Waals surface area (Å²) in [7, 11) is 0. The standard InChI is InChI=1S/C18H25N5O4S/c1-4-7-8-16-20-21-18(28)22(16)19-12-13-10-14(23(24)25)17(27-9-5-2)15(11-13)26-6-3/h10-12H,4-9H2,1-3H3,(H,21,28)/b19-12-. The molecule has 9 nitrogen and oxygen atoms in total. The average Bonchev–Trinajstić information content (AvgIpc) is 3.03. The summed E-state index contributed by atoms with van der Waals surface area (Å²) < 4.78 is 13.0. The summed E-state index contributed by atoms with van der Waals surface area (Å²) in [5.74, 6) is 1.16. The molecule has 1 aromatic carbocycles. The number of benzene rings is 1. The van der Waals surface area contributed by atoms with Crippen LogP contribution in [0.2, 0.25) is 0 Å². The second-order valence-electron chi connectivity index (χ2n) is 6.01. The number of aromatic amines is 1. The molecule has 1 aromatic heterocycles. The zero-order valence-corrected chi connectivity index (χ0v) is 17.1. The van der Waals surface area contributed by atoms with E-state index in [1.54, 1.807) is 13.0 Å². The van der Waals surface area contributed by atoms with Gasteiger partial charge in [0.05, 0.1) is 24.4 Å². The highest BCUT2D eigenvalue weighted by Gasteiger charge is 2.22. The maximum Gasteiger partial charge on any atom is 0.315 e. The number of rotatable bonds is 11. The number of nitrogens with one attached hydrogen (secondary N) is 1. The van der Waals surface area contributed by atoms with E-state index in [9.17, 15) is 10.1 Å². The minimum Gasteiger partial charge on any atom is -0.490 e. The molecule has 2 rings (SSSR count). The van der Waals surface area contributed by atoms with Gasteiger partial charge in [-0.3, -0.25) is 15.2 Å². The monoisotopic (exact) mass is 407 g/mol. The van der Waals surface area contributed by atoms with Crippen LogP contribution >= 0.6 is 12.2 Å². The molecule has 0 aliphatic carbocycles. The Balaban J connectivity index is 2.43. The number of unbranched alkanes of at least 4 members (excludes halogenated alkanes) is 1. The molecule has 1 N–H and O–H groups in total. The van der Waals surface area contributed by atoms with Gasteiger partial charge in [-0.15, -0.1) is 0 Å². The summed E-state index contributed by atoms with van der Waals surface area (Å²) in [4.78, 5) is 11.1. The lowest BCUT2D eigenvalue weighted by Gasteiger charge is -2.12. The largest absolute Gasteiger partial charge is 0.490 e. The molecule has 0 atom stereocenters. The van der Waals surface area contributed by atoms with Gasteiger partial charge >= 0.3 is 5.69 Å². The van der Waals surface area contributed by atoms with Crippen LogP contribution in [0.5, 0.6) is 11.5 Å². The number of nitro benzene ring substituents is 1. The van der Waals surface area contributed by atoms with Gasteiger partial charge in [0, 0.05) is 18.1 Å². The molecular weight excluding hydrogens is 382 g/mol. The van der Waals surface area contributed by atoms with E-state index in [1.807, 2.05) is 6.92 Å². The minimum absolute atomic E-state index is 0.134. The molecule has 10 heteroatoms. The van der Waals surface area contributed by atoms with E-state index in [4.69, 9.17) is 21.7 Å². The smallest absolute Gasteiger partial charge is 0.315 e. The van der Waals surface area contributed by atoms with Crippen LogP contribution in [0.1, 0.15) is 51.4 Å². The molecular formula is C18H25N5O4S. The third kappa shape index (κ3) is 5.38. The molecule has 0 radical (unpaired) electrons. The molecule has 2 aromatic rings. The first kappa shape index (κ1) is 21.5. The third-order valence-electron chi connectivity index (χ3n) is 3.80. The zero-order chi connectivity index (χ0) is 20.5. The van der Waals surface area contributed by atoms with E-state index in [1.165, 1.54) is 17.0 Å². The van der Waals surface area contributed by atoms with Crippen LogP contribution in [0, 0.1) is 14.9 Å². The van der Waals surface area contributed by atoms with Crippen molar-refractivity contribution in [2.45, 2.75) is 46.5 Å². The zero-order valence-electron chi connectivity index (χ0n) is 16.3. The van der Waals surface area contributed by atoms with Gasteiger partial charge in [0.2, 0.25) is 10.5 Å². The molecule has 0 aliphatic rings. The molecule has 0 unspecified atom stereocenters. The number of hydrogen-bond donors (Lipinski definition) is 1. The fourth-order valence-electron chi connectivity index (χ4n) is 2.49. The first-order valence-electron chi connectivity index (χ1n) is 9.30. The maximum atomic E-state index is 11.5. The van der Waals surface area contributed by atoms with Gasteiger partial charge in [0.15, 0.2) is 11.6 Å². The van der Waals surface area contributed by atoms with Gasteiger partial charge in [-0.1, -0.05) is 20.3 Å². The summed E-state index contributed by atoms with van der Waals surface area (Å²) >= 11 is 5.22. The Morgan fingerprint density at radius 1 is 1.32 bits per heavy atom. The molecule has 0 saturated heterocycles. The number of ether oxygens (including phenoxy) is 2. The molecule has 0 saturated carbocycles. The SMILES string of the molecule is CCCCc1n[nH]c(=S)n1/N=C\c1cc(OCC)c(OCCC)c([N+](=O)[O-])c1. The summed E-state index contributed by atoms with van der Waals surface area (Å²) in [5.41, 5.74) is 0.339. The Hall–Kier alpha value is -2.75. The van der Waals surface area contributed by atoms with E-state index < -0.39 is 4.92 Å². The highest BCUT2D eigenvalue weighted by atomic mass is 32.1. The van der Waals surface area contributed by atoms with Crippen LogP contribution in [-0.4, -0.2) is 39.2 Å². The normalized spacial score (nSPS) is 11.1. The van der Waals surface area contributed by atoms with E-state index in [0.29, 0.717) is 35.1 Å². The lowest BCUT2D eigenvalue weighted by atomic mass is 10.2. The van der Waals surface area contributed by atoms with Gasteiger partial charge in [-0.2, -0.15) is 14.9 Å². The molecule has 28 heavy (non-hydrogen) atoms. The van der Waals surface area contributed by atoms with Crippen molar-refractivity contribution in [2.24, 2.45) is 5.10 Å². The molecule has 0 amide bonds. The Morgan fingerprint density at radius 3 is 2.75 bits per heavy atom. The first-order valence-corrected chi connectivity index (χ1v) is 9.71. The Morgan fingerprint density at radius 2 is 2.11 bits per heavy atom. The summed E-state index contributed by atoms with van der Waals surface area (Å²) in [6.45, 7) is 6.54. The van der Waals surface area contributed by atoms with Gasteiger partial charge in [-0.05, 0) is 38.0 Å². The van der Waals surface area contributed by atoms with E-state index in [2.05, 4.69) is 22.2 Å². The second-order valence-corrected chi connectivity index (χ2v) is 6.40. The Bertz CT molecular complexity index is 891. The van der Waals surface area contributed by atoms with E-state index in [-0.39, 0.29) is 11.4 Å². The van der Waals surface area contributed by atoms with E-state index in [0.717, 1.165) is 25.7 Å². The number of hydrogen-bond acceptors (Lipinski definition) is 7. The predicted molar refractivity (Wildman–Crippen MR) is 109 cm³/mol. The number of nitrogens with zero attached hydrogens (tertiary/aromatic N) is 4. The van der Waals surface area contributed by atoms with Crippen molar-refractivity contribution in [3.63, 3.8) is 0 Å². The predicted octanol–water partition coefficient (Wildman–Crippen LogP) is 4.26. The number of aromatic nitrogens is 3. The van der Waals surface area contributed by atoms with Crippen molar-refractivity contribution in [1.29, 1.82) is 0 Å². The number of aryl methyl sites for hydroxylation is 1. The maximum absolute atomic E-state index is 11.5. The van der Waals surface area contributed by atoms with Crippen molar-refractivity contribution in [3.05, 3.63) is 38.4 Å². The fraction of sp³-hybridized carbons (Fsp3) is 0.500. The van der Waals surface area contributed by atoms with Gasteiger partial charge in [-0.25, -0.2) is 0 Å². The van der Waals surface area contributed by atoms with Crippen LogP contribution in [0.4, 0.5) is 5.69 Å². The van der Waals surface area contributed by atoms with Crippen LogP contribution in [0.15, 0.2) is 17.2 Å². The van der Waals surface area contributed by atoms with Crippen molar-refractivity contribution in [1.82, 2.24) is 14.9 Å². The van der Waals surface area contributed by atoms with Gasteiger partial charge in [0.1, 0.15) is 0 Å². The van der Waals surface area contributed by atoms with Crippen molar-refractivity contribution >= 4 is 24.1 Å². The molecule has 0 spiro atoms. The lowest BCUT2D eigenvalue weighted by molar-refractivity contribution is -0.386. The summed E-state index contributed by atoms with van der Waals surface area (Å²) in [5, 5.41) is 22.8. The van der Waals surface area contributed by atoms with Crippen molar-refractivity contribution < 1.29 is 14.4 Å². The summed E-state index contributed by atoms with van der Waals surface area (Å²) in [6, 6.07) is 3.08. The Kier molecular flexibility index (Phi) is 8.12. The topological polar surface area (TPSA) is 108 Å². The second kappa shape index (κ2) is 10.5. The minimum atomic E-state index is -0.485. The van der Waals surface area contributed by atoms with Crippen LogP contribution in [-0.2, 0) is 6.42 Å². The molecule has 0 aliphatic heterocycles. The fourth-order valence-corrected chi connectivity index (χ4v) is 2.69. The highest BCUT2D eigenvalue weighted by Crippen LogP contribution is 2.38.